The smallest absolute Gasteiger partial charge is 0.126 e. The van der Waals surface area contributed by atoms with E-state index in [-0.39, 0.29) is 0 Å². The lowest BCUT2D eigenvalue weighted by Crippen LogP contribution is -1.90. The van der Waals surface area contributed by atoms with Gasteiger partial charge in [-0.3, -0.25) is 0 Å². The Morgan fingerprint density at radius 3 is 1.75 bits per heavy atom. The molecule has 5 aromatic rings. The van der Waals surface area contributed by atoms with Crippen LogP contribution in [0.2, 0.25) is 0 Å². The summed E-state index contributed by atoms with van der Waals surface area (Å²) in [5.74, 6) is 1.74. The number of nitrogens with zero attached hydrogens (tertiary/aromatic N) is 1. The van der Waals surface area contributed by atoms with Crippen molar-refractivity contribution in [2.45, 2.75) is 0 Å². The number of benzene rings is 4. The molecule has 0 fully saturated rings. The molecule has 32 heavy (non-hydrogen) atoms. The summed E-state index contributed by atoms with van der Waals surface area (Å²) in [6.45, 7) is 0. The fraction of sp³-hybridized carbons (Fsp3) is 0.0690. The maximum atomic E-state index is 5.52. The van der Waals surface area contributed by atoms with Crippen molar-refractivity contribution in [3.05, 3.63) is 103 Å². The topological polar surface area (TPSA) is 31.4 Å². The van der Waals surface area contributed by atoms with Gasteiger partial charge in [-0.15, -0.1) is 0 Å². The molecule has 0 bridgehead atoms. The number of fused-ring (bicyclic) bond motifs is 1. The molecule has 156 valence electrons. The van der Waals surface area contributed by atoms with E-state index in [1.165, 1.54) is 0 Å². The molecule has 5 rings (SSSR count). The predicted octanol–water partition coefficient (Wildman–Crippen LogP) is 7.25. The largest absolute Gasteiger partial charge is 0.496 e. The molecular weight excluding hydrogens is 394 g/mol. The van der Waals surface area contributed by atoms with Gasteiger partial charge in [-0.05, 0) is 41.5 Å². The van der Waals surface area contributed by atoms with Gasteiger partial charge in [0.15, 0.2) is 0 Å². The van der Waals surface area contributed by atoms with E-state index in [1.807, 2.05) is 36.4 Å². The van der Waals surface area contributed by atoms with E-state index in [0.29, 0.717) is 0 Å². The van der Waals surface area contributed by atoms with Crippen LogP contribution in [0.1, 0.15) is 0 Å². The van der Waals surface area contributed by atoms with Gasteiger partial charge in [0.05, 0.1) is 25.4 Å². The van der Waals surface area contributed by atoms with E-state index in [9.17, 15) is 0 Å². The number of para-hydroxylation sites is 2. The van der Waals surface area contributed by atoms with Crippen LogP contribution in [-0.2, 0) is 0 Å². The number of methoxy groups -OCH3 is 2. The van der Waals surface area contributed by atoms with Gasteiger partial charge in [0.1, 0.15) is 11.5 Å². The Kier molecular flexibility index (Phi) is 5.30. The monoisotopic (exact) mass is 417 g/mol. The molecule has 0 radical (unpaired) electrons. The van der Waals surface area contributed by atoms with Crippen molar-refractivity contribution in [2.75, 3.05) is 14.2 Å². The third-order valence-electron chi connectivity index (χ3n) is 5.71. The van der Waals surface area contributed by atoms with Crippen molar-refractivity contribution in [1.29, 1.82) is 0 Å². The Morgan fingerprint density at radius 2 is 1.09 bits per heavy atom. The number of hydrogen-bond donors (Lipinski definition) is 0. The molecule has 0 aliphatic rings. The molecule has 1 heterocycles. The van der Waals surface area contributed by atoms with Gasteiger partial charge in [0.2, 0.25) is 0 Å². The summed E-state index contributed by atoms with van der Waals surface area (Å²) in [5.41, 5.74) is 7.40. The molecule has 0 spiro atoms. The Labute approximate surface area is 187 Å². The molecule has 0 amide bonds. The van der Waals surface area contributed by atoms with Crippen LogP contribution in [0, 0.1) is 0 Å². The quantitative estimate of drug-likeness (QED) is 0.302. The molecule has 1 aromatic heterocycles. The second-order valence-corrected chi connectivity index (χ2v) is 7.58. The minimum Gasteiger partial charge on any atom is -0.496 e. The summed E-state index contributed by atoms with van der Waals surface area (Å²) in [6.07, 6.45) is 0. The van der Waals surface area contributed by atoms with Crippen molar-refractivity contribution in [3.8, 4) is 45.0 Å². The van der Waals surface area contributed by atoms with Gasteiger partial charge >= 0.3 is 0 Å². The number of aromatic nitrogens is 1. The van der Waals surface area contributed by atoms with Crippen LogP contribution < -0.4 is 9.47 Å². The average molecular weight is 418 g/mol. The predicted molar refractivity (Wildman–Crippen MR) is 131 cm³/mol. The molecule has 3 nitrogen and oxygen atoms in total. The maximum Gasteiger partial charge on any atom is 0.126 e. The molecule has 0 saturated heterocycles. The van der Waals surface area contributed by atoms with E-state index in [2.05, 4.69) is 66.7 Å². The van der Waals surface area contributed by atoms with Crippen LogP contribution in [0.3, 0.4) is 0 Å². The molecule has 3 heteroatoms. The van der Waals surface area contributed by atoms with Crippen molar-refractivity contribution < 1.29 is 9.47 Å². The lowest BCUT2D eigenvalue weighted by atomic mass is 10.0. The fourth-order valence-corrected chi connectivity index (χ4v) is 4.04. The fourth-order valence-electron chi connectivity index (χ4n) is 4.04. The number of pyridine rings is 1. The van der Waals surface area contributed by atoms with Crippen molar-refractivity contribution in [1.82, 2.24) is 4.98 Å². The summed E-state index contributed by atoms with van der Waals surface area (Å²) in [4.78, 5) is 4.90. The summed E-state index contributed by atoms with van der Waals surface area (Å²) >= 11 is 0. The van der Waals surface area contributed by atoms with Crippen LogP contribution in [0.15, 0.2) is 103 Å². The Hall–Kier alpha value is -4.11. The highest BCUT2D eigenvalue weighted by Crippen LogP contribution is 2.33. The Bertz CT molecular complexity index is 1390. The van der Waals surface area contributed by atoms with E-state index in [1.54, 1.807) is 14.2 Å². The summed E-state index contributed by atoms with van der Waals surface area (Å²) in [5, 5.41) is 1.10. The summed E-state index contributed by atoms with van der Waals surface area (Å²) in [7, 11) is 3.40. The van der Waals surface area contributed by atoms with Gasteiger partial charge < -0.3 is 9.47 Å². The lowest BCUT2D eigenvalue weighted by Gasteiger charge is -2.10. The van der Waals surface area contributed by atoms with Gasteiger partial charge in [0.25, 0.3) is 0 Å². The molecule has 4 aromatic carbocycles. The van der Waals surface area contributed by atoms with Gasteiger partial charge in [-0.1, -0.05) is 72.8 Å². The number of hydrogen-bond acceptors (Lipinski definition) is 3. The zero-order valence-corrected chi connectivity index (χ0v) is 18.1. The zero-order valence-electron chi connectivity index (χ0n) is 18.1. The molecule has 0 unspecified atom stereocenters. The van der Waals surface area contributed by atoms with Crippen LogP contribution >= 0.6 is 0 Å². The second-order valence-electron chi connectivity index (χ2n) is 7.58. The first kappa shape index (κ1) is 19.8. The molecule has 0 aliphatic carbocycles. The van der Waals surface area contributed by atoms with Crippen molar-refractivity contribution in [2.24, 2.45) is 0 Å². The van der Waals surface area contributed by atoms with E-state index < -0.39 is 0 Å². The molecule has 0 atom stereocenters. The van der Waals surface area contributed by atoms with E-state index in [0.717, 1.165) is 55.9 Å². The van der Waals surface area contributed by atoms with Crippen LogP contribution in [0.25, 0.3) is 44.4 Å². The summed E-state index contributed by atoms with van der Waals surface area (Å²) < 4.78 is 11.0. The first-order valence-electron chi connectivity index (χ1n) is 10.5. The highest BCUT2D eigenvalue weighted by Gasteiger charge is 2.09. The minimum absolute atomic E-state index is 0.867. The van der Waals surface area contributed by atoms with Gasteiger partial charge in [-0.2, -0.15) is 0 Å². The average Bonchev–Trinajstić information content (AvgIpc) is 2.88. The van der Waals surface area contributed by atoms with Crippen LogP contribution in [0.4, 0.5) is 0 Å². The lowest BCUT2D eigenvalue weighted by molar-refractivity contribution is 0.416. The second kappa shape index (κ2) is 8.56. The van der Waals surface area contributed by atoms with E-state index in [4.69, 9.17) is 14.5 Å². The molecule has 0 saturated carbocycles. The van der Waals surface area contributed by atoms with Crippen LogP contribution in [0.5, 0.6) is 11.5 Å². The SMILES string of the molecule is COc1ccccc1-c1ccc(-c2ccc3cc(-c4ccccc4OC)ccc3n2)cc1. The zero-order chi connectivity index (χ0) is 21.9. The molecular formula is C29H23NO2. The van der Waals surface area contributed by atoms with E-state index >= 15 is 0 Å². The van der Waals surface area contributed by atoms with Gasteiger partial charge in [0, 0.05) is 22.1 Å². The Balaban J connectivity index is 1.47. The van der Waals surface area contributed by atoms with Crippen LogP contribution in [-0.4, -0.2) is 19.2 Å². The maximum absolute atomic E-state index is 5.52. The van der Waals surface area contributed by atoms with Gasteiger partial charge in [-0.25, -0.2) is 4.98 Å². The first-order chi connectivity index (χ1) is 15.8. The number of ether oxygens (including phenoxy) is 2. The van der Waals surface area contributed by atoms with Crippen molar-refractivity contribution in [3.63, 3.8) is 0 Å². The highest BCUT2D eigenvalue weighted by atomic mass is 16.5. The third-order valence-corrected chi connectivity index (χ3v) is 5.71. The normalized spacial score (nSPS) is 10.8. The Morgan fingerprint density at radius 1 is 0.531 bits per heavy atom. The first-order valence-corrected chi connectivity index (χ1v) is 10.5. The third kappa shape index (κ3) is 3.69. The standard InChI is InChI=1S/C29H23NO2/c1-31-28-9-5-3-7-24(28)20-11-13-21(14-12-20)26-18-16-23-19-22(15-17-27(23)30-26)25-8-4-6-10-29(25)32-2/h3-19H,1-2H3. The highest BCUT2D eigenvalue weighted by molar-refractivity contribution is 5.87. The molecule has 0 N–H and O–H groups in total. The minimum atomic E-state index is 0.867. The summed E-state index contributed by atoms with van der Waals surface area (Å²) in [6, 6.07) is 35.1. The number of rotatable bonds is 5. The molecule has 0 aliphatic heterocycles. The van der Waals surface area contributed by atoms with Crippen molar-refractivity contribution >= 4 is 10.9 Å².